The van der Waals surface area contributed by atoms with E-state index in [2.05, 4.69) is 15.4 Å². The van der Waals surface area contributed by atoms with Crippen LogP contribution in [0.5, 0.6) is 0 Å². The molecule has 1 aliphatic carbocycles. The van der Waals surface area contributed by atoms with Crippen LogP contribution >= 0.6 is 0 Å². The SMILES string of the molecule is Cn1nnc(-c2ccc([C@H](C(=O)O)[C@H]3CCC(F)(F)C3)cc2)n1. The van der Waals surface area contributed by atoms with E-state index in [1.54, 1.807) is 31.3 Å². The monoisotopic (exact) mass is 322 g/mol. The third-order valence-corrected chi connectivity index (χ3v) is 4.22. The first kappa shape index (κ1) is 15.5. The average Bonchev–Trinajstić information content (AvgIpc) is 3.06. The van der Waals surface area contributed by atoms with Gasteiger partial charge in [-0.05, 0) is 23.1 Å². The second-order valence-electron chi connectivity index (χ2n) is 5.90. The molecule has 1 heterocycles. The number of halogens is 2. The Labute approximate surface area is 131 Å². The summed E-state index contributed by atoms with van der Waals surface area (Å²) in [5.74, 6) is -4.88. The third kappa shape index (κ3) is 3.20. The van der Waals surface area contributed by atoms with Gasteiger partial charge < -0.3 is 5.11 Å². The van der Waals surface area contributed by atoms with E-state index >= 15 is 0 Å². The van der Waals surface area contributed by atoms with Crippen molar-refractivity contribution in [1.29, 1.82) is 0 Å². The van der Waals surface area contributed by atoms with E-state index < -0.39 is 23.7 Å². The van der Waals surface area contributed by atoms with Crippen LogP contribution < -0.4 is 0 Å². The van der Waals surface area contributed by atoms with Gasteiger partial charge in [0.25, 0.3) is 0 Å². The lowest BCUT2D eigenvalue weighted by Gasteiger charge is -2.20. The molecule has 1 N–H and O–H groups in total. The molecule has 0 bridgehead atoms. The van der Waals surface area contributed by atoms with Crippen molar-refractivity contribution in [3.63, 3.8) is 0 Å². The maximum atomic E-state index is 13.4. The van der Waals surface area contributed by atoms with Crippen molar-refractivity contribution < 1.29 is 18.7 Å². The Morgan fingerprint density at radius 3 is 2.57 bits per heavy atom. The number of aliphatic carboxylic acids is 1. The van der Waals surface area contributed by atoms with Gasteiger partial charge in [0.05, 0.1) is 13.0 Å². The number of carboxylic acids is 1. The molecule has 0 radical (unpaired) electrons. The van der Waals surface area contributed by atoms with Gasteiger partial charge in [-0.2, -0.15) is 4.80 Å². The lowest BCUT2D eigenvalue weighted by atomic mass is 9.84. The van der Waals surface area contributed by atoms with Crippen LogP contribution in [0.1, 0.15) is 30.7 Å². The second kappa shape index (κ2) is 5.68. The molecule has 1 aromatic carbocycles. The van der Waals surface area contributed by atoms with Crippen molar-refractivity contribution in [2.75, 3.05) is 0 Å². The van der Waals surface area contributed by atoms with Crippen LogP contribution in [0.4, 0.5) is 8.78 Å². The highest BCUT2D eigenvalue weighted by atomic mass is 19.3. The van der Waals surface area contributed by atoms with E-state index in [0.717, 1.165) is 0 Å². The van der Waals surface area contributed by atoms with Crippen LogP contribution in [0.2, 0.25) is 0 Å². The Balaban J connectivity index is 1.85. The minimum Gasteiger partial charge on any atom is -0.481 e. The third-order valence-electron chi connectivity index (χ3n) is 4.22. The zero-order chi connectivity index (χ0) is 16.6. The molecule has 0 amide bonds. The number of alkyl halides is 2. The lowest BCUT2D eigenvalue weighted by Crippen LogP contribution is -2.21. The van der Waals surface area contributed by atoms with E-state index in [9.17, 15) is 18.7 Å². The molecular weight excluding hydrogens is 306 g/mol. The summed E-state index contributed by atoms with van der Waals surface area (Å²) >= 11 is 0. The molecule has 0 saturated heterocycles. The van der Waals surface area contributed by atoms with Crippen molar-refractivity contribution in [2.24, 2.45) is 13.0 Å². The minimum absolute atomic E-state index is 0.220. The smallest absolute Gasteiger partial charge is 0.311 e. The van der Waals surface area contributed by atoms with Gasteiger partial charge >= 0.3 is 5.97 Å². The highest BCUT2D eigenvalue weighted by Crippen LogP contribution is 2.45. The average molecular weight is 322 g/mol. The fourth-order valence-electron chi connectivity index (χ4n) is 3.12. The molecule has 1 saturated carbocycles. The summed E-state index contributed by atoms with van der Waals surface area (Å²) in [6, 6.07) is 6.66. The minimum atomic E-state index is -2.76. The quantitative estimate of drug-likeness (QED) is 0.935. The summed E-state index contributed by atoms with van der Waals surface area (Å²) in [4.78, 5) is 12.9. The van der Waals surface area contributed by atoms with Crippen LogP contribution in [-0.2, 0) is 11.8 Å². The first-order valence-corrected chi connectivity index (χ1v) is 7.31. The molecule has 1 aliphatic rings. The van der Waals surface area contributed by atoms with Gasteiger partial charge in [-0.3, -0.25) is 4.79 Å². The Morgan fingerprint density at radius 2 is 2.09 bits per heavy atom. The van der Waals surface area contributed by atoms with Crippen LogP contribution in [0, 0.1) is 5.92 Å². The molecule has 1 fully saturated rings. The number of tetrazole rings is 1. The summed E-state index contributed by atoms with van der Waals surface area (Å²) in [6.07, 6.45) is -0.405. The van der Waals surface area contributed by atoms with Crippen molar-refractivity contribution in [2.45, 2.75) is 31.1 Å². The zero-order valence-corrected chi connectivity index (χ0v) is 12.5. The molecule has 6 nitrogen and oxygen atoms in total. The number of hydrogen-bond acceptors (Lipinski definition) is 4. The van der Waals surface area contributed by atoms with Gasteiger partial charge in [0.15, 0.2) is 0 Å². The van der Waals surface area contributed by atoms with Crippen molar-refractivity contribution >= 4 is 5.97 Å². The predicted octanol–water partition coefficient (Wildman–Crippen LogP) is 2.48. The molecule has 0 spiro atoms. The molecule has 2 aromatic rings. The Kier molecular flexibility index (Phi) is 3.83. The van der Waals surface area contributed by atoms with Gasteiger partial charge in [-0.15, -0.1) is 10.2 Å². The molecule has 23 heavy (non-hydrogen) atoms. The Morgan fingerprint density at radius 1 is 1.39 bits per heavy atom. The van der Waals surface area contributed by atoms with Gasteiger partial charge in [0.1, 0.15) is 0 Å². The van der Waals surface area contributed by atoms with Crippen LogP contribution in [-0.4, -0.2) is 37.2 Å². The first-order valence-electron chi connectivity index (χ1n) is 7.31. The molecule has 3 rings (SSSR count). The number of hydrogen-bond donors (Lipinski definition) is 1. The van der Waals surface area contributed by atoms with E-state index in [1.807, 2.05) is 0 Å². The predicted molar refractivity (Wildman–Crippen MR) is 76.9 cm³/mol. The highest BCUT2D eigenvalue weighted by molar-refractivity contribution is 5.77. The fraction of sp³-hybridized carbons (Fsp3) is 0.467. The number of benzene rings is 1. The Bertz CT molecular complexity index is 715. The first-order chi connectivity index (χ1) is 10.9. The van der Waals surface area contributed by atoms with Crippen LogP contribution in [0.25, 0.3) is 11.4 Å². The van der Waals surface area contributed by atoms with Crippen molar-refractivity contribution in [3.05, 3.63) is 29.8 Å². The van der Waals surface area contributed by atoms with Gasteiger partial charge in [-0.1, -0.05) is 24.3 Å². The number of carboxylic acid groups (broad SMARTS) is 1. The van der Waals surface area contributed by atoms with E-state index in [0.29, 0.717) is 17.0 Å². The van der Waals surface area contributed by atoms with E-state index in [-0.39, 0.29) is 19.3 Å². The Hall–Kier alpha value is -2.38. The van der Waals surface area contributed by atoms with E-state index in [1.165, 1.54) is 4.80 Å². The summed E-state index contributed by atoms with van der Waals surface area (Å²) in [5, 5.41) is 21.1. The van der Waals surface area contributed by atoms with Crippen molar-refractivity contribution in [1.82, 2.24) is 20.2 Å². The molecular formula is C15H16F2N4O2. The number of carbonyl (C=O) groups is 1. The lowest BCUT2D eigenvalue weighted by molar-refractivity contribution is -0.140. The van der Waals surface area contributed by atoms with Gasteiger partial charge in [0, 0.05) is 18.4 Å². The normalized spacial score (nSPS) is 21.3. The maximum absolute atomic E-state index is 13.4. The van der Waals surface area contributed by atoms with Crippen molar-refractivity contribution in [3.8, 4) is 11.4 Å². The summed E-state index contributed by atoms with van der Waals surface area (Å²) in [6.45, 7) is 0. The van der Waals surface area contributed by atoms with Gasteiger partial charge in [0.2, 0.25) is 11.7 Å². The molecule has 0 unspecified atom stereocenters. The number of rotatable bonds is 4. The molecule has 0 aliphatic heterocycles. The second-order valence-corrected chi connectivity index (χ2v) is 5.90. The summed E-state index contributed by atoms with van der Waals surface area (Å²) in [7, 11) is 1.64. The number of aryl methyl sites for hydroxylation is 1. The highest BCUT2D eigenvalue weighted by Gasteiger charge is 2.45. The van der Waals surface area contributed by atoms with Crippen LogP contribution in [0.3, 0.4) is 0 Å². The van der Waals surface area contributed by atoms with E-state index in [4.69, 9.17) is 0 Å². The number of aromatic nitrogens is 4. The van der Waals surface area contributed by atoms with Gasteiger partial charge in [-0.25, -0.2) is 8.78 Å². The summed E-state index contributed by atoms with van der Waals surface area (Å²) in [5.41, 5.74) is 1.22. The fourth-order valence-corrected chi connectivity index (χ4v) is 3.12. The molecule has 2 atom stereocenters. The number of nitrogens with zero attached hydrogens (tertiary/aromatic N) is 4. The molecule has 122 valence electrons. The topological polar surface area (TPSA) is 80.9 Å². The molecule has 8 heteroatoms. The summed E-state index contributed by atoms with van der Waals surface area (Å²) < 4.78 is 26.8. The maximum Gasteiger partial charge on any atom is 0.311 e. The van der Waals surface area contributed by atoms with Crippen LogP contribution in [0.15, 0.2) is 24.3 Å². The molecule has 1 aromatic heterocycles. The largest absolute Gasteiger partial charge is 0.481 e. The zero-order valence-electron chi connectivity index (χ0n) is 12.5. The standard InChI is InChI=1S/C15H16F2N4O2/c1-21-19-13(18-20-21)10-4-2-9(3-5-10)12(14(22)23)11-6-7-15(16,17)8-11/h2-5,11-12H,6-8H2,1H3,(H,22,23)/t11-,12-/m0/s1.